The molecule has 0 fully saturated rings. The summed E-state index contributed by atoms with van der Waals surface area (Å²) in [6, 6.07) is 0. The molecule has 4 heteroatoms. The summed E-state index contributed by atoms with van der Waals surface area (Å²) < 4.78 is 0. The van der Waals surface area contributed by atoms with Crippen LogP contribution in [0.15, 0.2) is 0 Å². The SMILES string of the molecule is CC(C)(CCNCCCO)CCC(=O)O. The number of carboxylic acids is 1. The molecule has 4 nitrogen and oxygen atoms in total. The Morgan fingerprint density at radius 2 is 1.93 bits per heavy atom. The Bertz CT molecular complexity index is 181. The first-order valence-electron chi connectivity index (χ1n) is 5.51. The van der Waals surface area contributed by atoms with Crippen LogP contribution in [0.1, 0.15) is 39.5 Å². The number of aliphatic hydroxyl groups excluding tert-OH is 1. The molecule has 90 valence electrons. The van der Waals surface area contributed by atoms with E-state index in [-0.39, 0.29) is 18.4 Å². The van der Waals surface area contributed by atoms with Gasteiger partial charge in [0.15, 0.2) is 0 Å². The van der Waals surface area contributed by atoms with E-state index >= 15 is 0 Å². The van der Waals surface area contributed by atoms with E-state index in [2.05, 4.69) is 19.2 Å². The molecule has 0 spiro atoms. The number of hydrogen-bond donors (Lipinski definition) is 3. The molecular formula is C11H23NO3. The zero-order chi connectivity index (χ0) is 11.7. The molecule has 0 aliphatic carbocycles. The molecule has 0 heterocycles. The van der Waals surface area contributed by atoms with Gasteiger partial charge in [-0.2, -0.15) is 0 Å². The summed E-state index contributed by atoms with van der Waals surface area (Å²) >= 11 is 0. The number of carbonyl (C=O) groups is 1. The molecule has 0 aliphatic heterocycles. The first kappa shape index (κ1) is 14.4. The lowest BCUT2D eigenvalue weighted by Gasteiger charge is -2.23. The second kappa shape index (κ2) is 7.65. The molecule has 0 aromatic heterocycles. The molecule has 0 unspecified atom stereocenters. The summed E-state index contributed by atoms with van der Waals surface area (Å²) in [5.74, 6) is -0.726. The van der Waals surface area contributed by atoms with Crippen molar-refractivity contribution in [2.45, 2.75) is 39.5 Å². The molecule has 3 N–H and O–H groups in total. The second-order valence-corrected chi connectivity index (χ2v) is 4.64. The quantitative estimate of drug-likeness (QED) is 0.508. The van der Waals surface area contributed by atoms with Crippen molar-refractivity contribution in [1.82, 2.24) is 5.32 Å². The van der Waals surface area contributed by atoms with Crippen LogP contribution in [0.25, 0.3) is 0 Å². The van der Waals surface area contributed by atoms with Crippen molar-refractivity contribution < 1.29 is 15.0 Å². The maximum Gasteiger partial charge on any atom is 0.303 e. The summed E-state index contributed by atoms with van der Waals surface area (Å²) in [6.45, 7) is 6.10. The lowest BCUT2D eigenvalue weighted by molar-refractivity contribution is -0.137. The summed E-state index contributed by atoms with van der Waals surface area (Å²) in [6.07, 6.45) is 2.69. The van der Waals surface area contributed by atoms with Crippen LogP contribution in [0.5, 0.6) is 0 Å². The minimum absolute atomic E-state index is 0.0740. The molecular weight excluding hydrogens is 194 g/mol. The lowest BCUT2D eigenvalue weighted by atomic mass is 9.84. The van der Waals surface area contributed by atoms with Gasteiger partial charge in [-0.15, -0.1) is 0 Å². The zero-order valence-electron chi connectivity index (χ0n) is 9.75. The van der Waals surface area contributed by atoms with Crippen molar-refractivity contribution in [3.63, 3.8) is 0 Å². The maximum absolute atomic E-state index is 10.4. The van der Waals surface area contributed by atoms with Crippen molar-refractivity contribution in [3.8, 4) is 0 Å². The van der Waals surface area contributed by atoms with Crippen LogP contribution < -0.4 is 5.32 Å². The van der Waals surface area contributed by atoms with Crippen LogP contribution in [0.2, 0.25) is 0 Å². The van der Waals surface area contributed by atoms with Crippen molar-refractivity contribution in [1.29, 1.82) is 0 Å². The lowest BCUT2D eigenvalue weighted by Crippen LogP contribution is -2.24. The van der Waals surface area contributed by atoms with Crippen molar-refractivity contribution in [2.24, 2.45) is 5.41 Å². The Kier molecular flexibility index (Phi) is 7.34. The minimum atomic E-state index is -0.726. The molecule has 0 saturated heterocycles. The molecule has 0 radical (unpaired) electrons. The Labute approximate surface area is 91.7 Å². The molecule has 15 heavy (non-hydrogen) atoms. The predicted molar refractivity (Wildman–Crippen MR) is 59.8 cm³/mol. The Morgan fingerprint density at radius 3 is 2.47 bits per heavy atom. The molecule has 0 aliphatic rings. The first-order valence-corrected chi connectivity index (χ1v) is 5.51. The van der Waals surface area contributed by atoms with Gasteiger partial charge in [0.2, 0.25) is 0 Å². The van der Waals surface area contributed by atoms with Crippen LogP contribution in [0.4, 0.5) is 0 Å². The van der Waals surface area contributed by atoms with E-state index in [0.29, 0.717) is 6.42 Å². The third kappa shape index (κ3) is 9.69. The molecule has 0 aromatic carbocycles. The van der Waals surface area contributed by atoms with Crippen molar-refractivity contribution in [2.75, 3.05) is 19.7 Å². The van der Waals surface area contributed by atoms with E-state index in [1.165, 1.54) is 0 Å². The zero-order valence-corrected chi connectivity index (χ0v) is 9.75. The van der Waals surface area contributed by atoms with Gasteiger partial charge in [-0.25, -0.2) is 0 Å². The van der Waals surface area contributed by atoms with Crippen LogP contribution in [-0.2, 0) is 4.79 Å². The Morgan fingerprint density at radius 1 is 1.27 bits per heavy atom. The monoisotopic (exact) mass is 217 g/mol. The third-order valence-electron chi connectivity index (χ3n) is 2.51. The highest BCUT2D eigenvalue weighted by atomic mass is 16.4. The fourth-order valence-corrected chi connectivity index (χ4v) is 1.33. The van der Waals surface area contributed by atoms with Crippen LogP contribution >= 0.6 is 0 Å². The number of rotatable bonds is 9. The molecule has 0 bridgehead atoms. The largest absolute Gasteiger partial charge is 0.481 e. The van der Waals surface area contributed by atoms with Crippen LogP contribution in [0, 0.1) is 5.41 Å². The number of carboxylic acid groups (broad SMARTS) is 1. The summed E-state index contributed by atoms with van der Waals surface area (Å²) in [7, 11) is 0. The van der Waals surface area contributed by atoms with E-state index in [4.69, 9.17) is 10.2 Å². The summed E-state index contributed by atoms with van der Waals surface area (Å²) in [5, 5.41) is 20.4. The van der Waals surface area contributed by atoms with Gasteiger partial charge >= 0.3 is 5.97 Å². The fraction of sp³-hybridized carbons (Fsp3) is 0.909. The highest BCUT2D eigenvalue weighted by Crippen LogP contribution is 2.25. The van der Waals surface area contributed by atoms with E-state index in [0.717, 1.165) is 25.9 Å². The van der Waals surface area contributed by atoms with Crippen LogP contribution in [-0.4, -0.2) is 35.9 Å². The normalized spacial score (nSPS) is 11.7. The highest BCUT2D eigenvalue weighted by molar-refractivity contribution is 5.66. The fourth-order valence-electron chi connectivity index (χ4n) is 1.33. The summed E-state index contributed by atoms with van der Waals surface area (Å²) in [4.78, 5) is 10.4. The first-order chi connectivity index (χ1) is 6.98. The van der Waals surface area contributed by atoms with Gasteiger partial charge in [-0.1, -0.05) is 13.8 Å². The minimum Gasteiger partial charge on any atom is -0.481 e. The number of hydrogen-bond acceptors (Lipinski definition) is 3. The third-order valence-corrected chi connectivity index (χ3v) is 2.51. The number of aliphatic carboxylic acids is 1. The van der Waals surface area contributed by atoms with E-state index in [9.17, 15) is 4.79 Å². The molecule has 0 atom stereocenters. The van der Waals surface area contributed by atoms with E-state index in [1.54, 1.807) is 0 Å². The summed E-state index contributed by atoms with van der Waals surface area (Å²) in [5.41, 5.74) is 0.0740. The molecule has 0 saturated carbocycles. The Balaban J connectivity index is 3.50. The van der Waals surface area contributed by atoms with Gasteiger partial charge < -0.3 is 15.5 Å². The van der Waals surface area contributed by atoms with Gasteiger partial charge in [-0.3, -0.25) is 4.79 Å². The van der Waals surface area contributed by atoms with Gasteiger partial charge in [0.25, 0.3) is 0 Å². The number of nitrogens with one attached hydrogen (secondary N) is 1. The van der Waals surface area contributed by atoms with Gasteiger partial charge in [0, 0.05) is 13.0 Å². The Hall–Kier alpha value is -0.610. The highest BCUT2D eigenvalue weighted by Gasteiger charge is 2.18. The standard InChI is InChI=1S/C11H23NO3/c1-11(2,5-4-10(14)15)6-8-12-7-3-9-13/h12-13H,3-9H2,1-2H3,(H,14,15). The molecule has 0 amide bonds. The van der Waals surface area contributed by atoms with Crippen molar-refractivity contribution in [3.05, 3.63) is 0 Å². The maximum atomic E-state index is 10.4. The molecule has 0 aromatic rings. The van der Waals surface area contributed by atoms with E-state index < -0.39 is 5.97 Å². The van der Waals surface area contributed by atoms with Gasteiger partial charge in [-0.05, 0) is 37.8 Å². The second-order valence-electron chi connectivity index (χ2n) is 4.64. The smallest absolute Gasteiger partial charge is 0.303 e. The average molecular weight is 217 g/mol. The van der Waals surface area contributed by atoms with Gasteiger partial charge in [0.05, 0.1) is 0 Å². The van der Waals surface area contributed by atoms with Crippen LogP contribution in [0.3, 0.4) is 0 Å². The molecule has 0 rings (SSSR count). The van der Waals surface area contributed by atoms with E-state index in [1.807, 2.05) is 0 Å². The number of aliphatic hydroxyl groups is 1. The average Bonchev–Trinajstić information content (AvgIpc) is 2.15. The van der Waals surface area contributed by atoms with Crippen molar-refractivity contribution >= 4 is 5.97 Å². The topological polar surface area (TPSA) is 69.6 Å². The predicted octanol–water partition coefficient (Wildman–Crippen LogP) is 1.24. The van der Waals surface area contributed by atoms with Gasteiger partial charge in [0.1, 0.15) is 0 Å².